The number of carbonyl (C=O) groups is 1. The number of aromatic nitrogens is 1. The molecule has 22 heavy (non-hydrogen) atoms. The van der Waals surface area contributed by atoms with E-state index in [0.717, 1.165) is 6.54 Å². The zero-order valence-corrected chi connectivity index (χ0v) is 13.0. The molecular weight excluding hydrogens is 274 g/mol. The van der Waals surface area contributed by atoms with Gasteiger partial charge in [0.25, 0.3) is 5.91 Å². The van der Waals surface area contributed by atoms with Gasteiger partial charge < -0.3 is 10.2 Å². The van der Waals surface area contributed by atoms with Gasteiger partial charge in [0, 0.05) is 37.1 Å². The second-order valence-electron chi connectivity index (χ2n) is 6.31. The van der Waals surface area contributed by atoms with Crippen LogP contribution in [0.4, 0.5) is 0 Å². The summed E-state index contributed by atoms with van der Waals surface area (Å²) in [4.78, 5) is 18.8. The van der Waals surface area contributed by atoms with Crippen LogP contribution in [0.3, 0.4) is 0 Å². The SMILES string of the molecule is CC1(C)CNC(c2ccccc2)CN1C(=O)c1ccncc1. The number of amides is 1. The van der Waals surface area contributed by atoms with Gasteiger partial charge in [-0.25, -0.2) is 0 Å². The molecule has 4 nitrogen and oxygen atoms in total. The van der Waals surface area contributed by atoms with Crippen LogP contribution in [0.2, 0.25) is 0 Å². The van der Waals surface area contributed by atoms with E-state index in [2.05, 4.69) is 36.3 Å². The van der Waals surface area contributed by atoms with E-state index >= 15 is 0 Å². The molecule has 2 heterocycles. The molecule has 0 bridgehead atoms. The van der Waals surface area contributed by atoms with E-state index in [1.54, 1.807) is 24.5 Å². The van der Waals surface area contributed by atoms with E-state index < -0.39 is 0 Å². The summed E-state index contributed by atoms with van der Waals surface area (Å²) in [6.07, 6.45) is 3.33. The van der Waals surface area contributed by atoms with E-state index in [9.17, 15) is 4.79 Å². The largest absolute Gasteiger partial charge is 0.330 e. The summed E-state index contributed by atoms with van der Waals surface area (Å²) in [5, 5.41) is 3.56. The van der Waals surface area contributed by atoms with Crippen LogP contribution in [-0.4, -0.2) is 34.4 Å². The predicted molar refractivity (Wildman–Crippen MR) is 86.5 cm³/mol. The van der Waals surface area contributed by atoms with Crippen LogP contribution in [0.25, 0.3) is 0 Å². The van der Waals surface area contributed by atoms with Gasteiger partial charge in [0.1, 0.15) is 0 Å². The van der Waals surface area contributed by atoms with E-state index in [4.69, 9.17) is 0 Å². The Balaban J connectivity index is 1.86. The molecule has 1 N–H and O–H groups in total. The molecule has 1 aliphatic rings. The van der Waals surface area contributed by atoms with Crippen molar-refractivity contribution in [3.63, 3.8) is 0 Å². The fraction of sp³-hybridized carbons (Fsp3) is 0.333. The average Bonchev–Trinajstić information content (AvgIpc) is 2.56. The van der Waals surface area contributed by atoms with Crippen LogP contribution in [0.1, 0.15) is 35.8 Å². The van der Waals surface area contributed by atoms with Crippen molar-refractivity contribution in [1.82, 2.24) is 15.2 Å². The molecule has 114 valence electrons. The quantitative estimate of drug-likeness (QED) is 0.926. The minimum Gasteiger partial charge on any atom is -0.330 e. The number of nitrogens with zero attached hydrogens (tertiary/aromatic N) is 2. The van der Waals surface area contributed by atoms with Crippen molar-refractivity contribution in [2.24, 2.45) is 0 Å². The predicted octanol–water partition coefficient (Wildman–Crippen LogP) is 2.65. The third-order valence-corrected chi connectivity index (χ3v) is 4.25. The average molecular weight is 295 g/mol. The first-order valence-electron chi connectivity index (χ1n) is 7.58. The zero-order chi connectivity index (χ0) is 15.6. The summed E-state index contributed by atoms with van der Waals surface area (Å²) in [6.45, 7) is 5.63. The molecule has 0 saturated carbocycles. The highest BCUT2D eigenvalue weighted by Crippen LogP contribution is 2.27. The number of hydrogen-bond acceptors (Lipinski definition) is 3. The van der Waals surface area contributed by atoms with Gasteiger partial charge in [-0.05, 0) is 31.5 Å². The van der Waals surface area contributed by atoms with Crippen LogP contribution in [-0.2, 0) is 0 Å². The van der Waals surface area contributed by atoms with E-state index in [-0.39, 0.29) is 17.5 Å². The maximum atomic E-state index is 12.9. The Bertz CT molecular complexity index is 640. The van der Waals surface area contributed by atoms with Gasteiger partial charge in [0.05, 0.1) is 5.54 Å². The fourth-order valence-corrected chi connectivity index (χ4v) is 2.88. The molecule has 1 aromatic heterocycles. The standard InChI is InChI=1S/C18H21N3O/c1-18(2)13-20-16(14-6-4-3-5-7-14)12-21(18)17(22)15-8-10-19-11-9-15/h3-11,16,20H,12-13H2,1-2H3. The van der Waals surface area contributed by atoms with Crippen LogP contribution < -0.4 is 5.32 Å². The first kappa shape index (κ1) is 14.7. The number of benzene rings is 1. The molecule has 1 fully saturated rings. The van der Waals surface area contributed by atoms with Crippen molar-refractivity contribution in [3.8, 4) is 0 Å². The van der Waals surface area contributed by atoms with Crippen LogP contribution >= 0.6 is 0 Å². The molecule has 1 unspecified atom stereocenters. The summed E-state index contributed by atoms with van der Waals surface area (Å²) < 4.78 is 0. The maximum Gasteiger partial charge on any atom is 0.254 e. The molecule has 3 rings (SSSR count). The van der Waals surface area contributed by atoms with Gasteiger partial charge in [-0.1, -0.05) is 30.3 Å². The summed E-state index contributed by atoms with van der Waals surface area (Å²) in [7, 11) is 0. The number of piperazine rings is 1. The minimum atomic E-state index is -0.217. The summed E-state index contributed by atoms with van der Waals surface area (Å²) in [5.74, 6) is 0.0647. The van der Waals surface area contributed by atoms with Gasteiger partial charge in [-0.3, -0.25) is 9.78 Å². The molecule has 0 radical (unpaired) electrons. The fourth-order valence-electron chi connectivity index (χ4n) is 2.88. The lowest BCUT2D eigenvalue weighted by molar-refractivity contribution is 0.0395. The van der Waals surface area contributed by atoms with Gasteiger partial charge in [0.15, 0.2) is 0 Å². The first-order valence-corrected chi connectivity index (χ1v) is 7.58. The highest BCUT2D eigenvalue weighted by atomic mass is 16.2. The number of rotatable bonds is 2. The Morgan fingerprint density at radius 1 is 1.18 bits per heavy atom. The maximum absolute atomic E-state index is 12.9. The second-order valence-corrected chi connectivity index (χ2v) is 6.31. The Kier molecular flexibility index (Phi) is 3.94. The monoisotopic (exact) mass is 295 g/mol. The molecular formula is C18H21N3O. The van der Waals surface area contributed by atoms with Crippen LogP contribution in [0.5, 0.6) is 0 Å². The van der Waals surface area contributed by atoms with Crippen molar-refractivity contribution < 1.29 is 4.79 Å². The number of hydrogen-bond donors (Lipinski definition) is 1. The number of pyridine rings is 1. The van der Waals surface area contributed by atoms with Crippen molar-refractivity contribution in [2.45, 2.75) is 25.4 Å². The molecule has 4 heteroatoms. The van der Waals surface area contributed by atoms with Crippen molar-refractivity contribution in [1.29, 1.82) is 0 Å². The molecule has 1 saturated heterocycles. The molecule has 0 spiro atoms. The highest BCUT2D eigenvalue weighted by molar-refractivity contribution is 5.94. The highest BCUT2D eigenvalue weighted by Gasteiger charge is 2.37. The second kappa shape index (κ2) is 5.89. The van der Waals surface area contributed by atoms with Gasteiger partial charge >= 0.3 is 0 Å². The lowest BCUT2D eigenvalue weighted by atomic mass is 9.93. The van der Waals surface area contributed by atoms with E-state index in [0.29, 0.717) is 12.1 Å². The van der Waals surface area contributed by atoms with E-state index in [1.807, 2.05) is 23.1 Å². The van der Waals surface area contributed by atoms with Crippen LogP contribution in [0.15, 0.2) is 54.9 Å². The smallest absolute Gasteiger partial charge is 0.254 e. The van der Waals surface area contributed by atoms with Gasteiger partial charge in [0.2, 0.25) is 0 Å². The molecule has 2 aromatic rings. The summed E-state index contributed by atoms with van der Waals surface area (Å²) in [6, 6.07) is 14.0. The van der Waals surface area contributed by atoms with Gasteiger partial charge in [-0.15, -0.1) is 0 Å². The van der Waals surface area contributed by atoms with E-state index in [1.165, 1.54) is 5.56 Å². The number of nitrogens with one attached hydrogen (secondary N) is 1. The first-order chi connectivity index (χ1) is 10.6. The third-order valence-electron chi connectivity index (χ3n) is 4.25. The topological polar surface area (TPSA) is 45.2 Å². The van der Waals surface area contributed by atoms with Crippen molar-refractivity contribution in [3.05, 3.63) is 66.0 Å². The summed E-state index contributed by atoms with van der Waals surface area (Å²) >= 11 is 0. The molecule has 1 amide bonds. The van der Waals surface area contributed by atoms with Crippen molar-refractivity contribution in [2.75, 3.05) is 13.1 Å². The lowest BCUT2D eigenvalue weighted by Crippen LogP contribution is -2.60. The van der Waals surface area contributed by atoms with Crippen molar-refractivity contribution >= 4 is 5.91 Å². The molecule has 1 aliphatic heterocycles. The summed E-state index contributed by atoms with van der Waals surface area (Å²) in [5.41, 5.74) is 1.69. The van der Waals surface area contributed by atoms with Gasteiger partial charge in [-0.2, -0.15) is 0 Å². The Hall–Kier alpha value is -2.20. The van der Waals surface area contributed by atoms with Crippen LogP contribution in [0, 0.1) is 0 Å². The number of carbonyl (C=O) groups excluding carboxylic acids is 1. The lowest BCUT2D eigenvalue weighted by Gasteiger charge is -2.46. The Morgan fingerprint density at radius 2 is 1.86 bits per heavy atom. The normalized spacial score (nSPS) is 20.6. The third kappa shape index (κ3) is 2.88. The zero-order valence-electron chi connectivity index (χ0n) is 13.0. The molecule has 1 aromatic carbocycles. The molecule has 0 aliphatic carbocycles. The molecule has 1 atom stereocenters. The minimum absolute atomic E-state index is 0.0647. The Morgan fingerprint density at radius 3 is 2.55 bits per heavy atom. The Labute approximate surface area is 131 Å².